The van der Waals surface area contributed by atoms with Crippen molar-refractivity contribution in [2.45, 2.75) is 110 Å². The molecule has 3 N–H and O–H groups in total. The van der Waals surface area contributed by atoms with Gasteiger partial charge in [0.05, 0.1) is 47.0 Å². The number of aliphatic imine (C=N–C) groups is 1. The lowest BCUT2D eigenvalue weighted by Crippen LogP contribution is -2.48. The molecule has 2 aromatic carbocycles. The summed E-state index contributed by atoms with van der Waals surface area (Å²) in [6, 6.07) is 15.7. The summed E-state index contributed by atoms with van der Waals surface area (Å²) in [4.78, 5) is 54.5. The molecule has 4 atom stereocenters. The van der Waals surface area contributed by atoms with Gasteiger partial charge in [-0.15, -0.1) is 32.9 Å². The second-order valence-electron chi connectivity index (χ2n) is 18.1. The molecule has 4 aromatic heterocycles. The molecular formula is C49H54ClN9O7S2. The zero-order valence-corrected chi connectivity index (χ0v) is 41.1. The highest BCUT2D eigenvalue weighted by Gasteiger charge is 2.43. The zero-order valence-electron chi connectivity index (χ0n) is 38.7. The molecule has 356 valence electrons. The summed E-state index contributed by atoms with van der Waals surface area (Å²) in [5, 5.41) is 31.4. The molecule has 0 radical (unpaired) electrons. The molecule has 0 bridgehead atoms. The number of benzene rings is 2. The molecule has 19 heteroatoms. The predicted molar refractivity (Wildman–Crippen MR) is 259 cm³/mol. The van der Waals surface area contributed by atoms with E-state index in [0.717, 1.165) is 54.9 Å². The van der Waals surface area contributed by atoms with E-state index in [1.54, 1.807) is 28.7 Å². The van der Waals surface area contributed by atoms with Crippen LogP contribution in [0.25, 0.3) is 15.4 Å². The number of aliphatic hydroxyl groups excluding tert-OH is 1. The van der Waals surface area contributed by atoms with Crippen molar-refractivity contribution in [3.63, 3.8) is 0 Å². The van der Waals surface area contributed by atoms with Gasteiger partial charge < -0.3 is 34.6 Å². The fourth-order valence-electron chi connectivity index (χ4n) is 9.14. The summed E-state index contributed by atoms with van der Waals surface area (Å²) in [7, 11) is 0. The van der Waals surface area contributed by atoms with Gasteiger partial charge in [0, 0.05) is 52.6 Å². The summed E-state index contributed by atoms with van der Waals surface area (Å²) < 4.78 is 19.6. The van der Waals surface area contributed by atoms with E-state index >= 15 is 0 Å². The minimum Gasteiger partial charge on any atom is -0.473 e. The number of nitrogens with one attached hydrogen (secondary N) is 2. The number of carbonyl (C=O) groups excluding carboxylic acids is 3. The third-order valence-corrected chi connectivity index (χ3v) is 15.3. The Hall–Kier alpha value is -5.79. The molecule has 16 nitrogen and oxygen atoms in total. The smallest absolute Gasteiger partial charge is 0.254 e. The number of hydrogen-bond donors (Lipinski definition) is 3. The van der Waals surface area contributed by atoms with Crippen LogP contribution >= 0.6 is 34.3 Å². The minimum atomic E-state index is -0.839. The highest BCUT2D eigenvalue weighted by Crippen LogP contribution is 2.40. The Labute approximate surface area is 407 Å². The van der Waals surface area contributed by atoms with Crippen molar-refractivity contribution in [2.24, 2.45) is 10.9 Å². The van der Waals surface area contributed by atoms with Crippen molar-refractivity contribution < 1.29 is 33.5 Å². The number of halogens is 1. The van der Waals surface area contributed by atoms with Crippen LogP contribution in [0.2, 0.25) is 5.02 Å². The van der Waals surface area contributed by atoms with Crippen LogP contribution in [0.3, 0.4) is 0 Å². The molecule has 2 aliphatic heterocycles. The number of hydrogen-bond acceptors (Lipinski definition) is 14. The van der Waals surface area contributed by atoms with Crippen molar-refractivity contribution in [2.75, 3.05) is 19.8 Å². The lowest BCUT2D eigenvalue weighted by molar-refractivity contribution is -0.141. The van der Waals surface area contributed by atoms with Crippen molar-refractivity contribution >= 4 is 57.7 Å². The fraction of sp³-hybridized carbons (Fsp3) is 0.429. The molecule has 0 unspecified atom stereocenters. The Bertz CT molecular complexity index is 2830. The van der Waals surface area contributed by atoms with Gasteiger partial charge in [0.25, 0.3) is 5.88 Å². The molecule has 0 spiro atoms. The number of likely N-dealkylation sites (tertiary alicyclic amines) is 1. The maximum absolute atomic E-state index is 14.1. The minimum absolute atomic E-state index is 0.0321. The van der Waals surface area contributed by atoms with E-state index in [-0.39, 0.29) is 80.8 Å². The average Bonchev–Trinajstić information content (AvgIpc) is 4.14. The standard InChI is InChI=1S/C49H54ClN9O7S2/c1-25(2)42(48(63)58-23-35(60)19-38(58)47(62)51-22-30-7-9-32(10-8-30)45-27(4)52-24-67-45)39-21-41(57-66-39)65-16-15-64-36-17-34(18-36)53-40(61)20-37-46-56-55-29(6)59(46)49-43(26(3)28(5)68-49)44(54-37)31-11-13-33(50)14-12-31/h7-14,21,24-25,34-38,42,60H,15-20,22-23H2,1-6H3,(H,51,62)(H,53,61)/t34?,35-,36?,37+,38+,42-/m1/s1. The highest BCUT2D eigenvalue weighted by atomic mass is 35.5. The molecule has 3 aliphatic rings. The fourth-order valence-corrected chi connectivity index (χ4v) is 11.3. The van der Waals surface area contributed by atoms with Crippen LogP contribution in [0.5, 0.6) is 5.88 Å². The molecule has 6 aromatic rings. The molecule has 68 heavy (non-hydrogen) atoms. The van der Waals surface area contributed by atoms with Crippen LogP contribution in [-0.2, 0) is 25.7 Å². The summed E-state index contributed by atoms with van der Waals surface area (Å²) >= 11 is 9.51. The first-order valence-electron chi connectivity index (χ1n) is 22.8. The summed E-state index contributed by atoms with van der Waals surface area (Å²) in [6.45, 7) is 12.6. The predicted octanol–water partition coefficient (Wildman–Crippen LogP) is 7.37. The van der Waals surface area contributed by atoms with Crippen molar-refractivity contribution in [1.82, 2.24) is 40.4 Å². The summed E-state index contributed by atoms with van der Waals surface area (Å²) in [6.07, 6.45) is 0.639. The van der Waals surface area contributed by atoms with Gasteiger partial charge in [-0.1, -0.05) is 61.8 Å². The lowest BCUT2D eigenvalue weighted by atomic mass is 9.89. The topological polar surface area (TPSA) is 199 Å². The zero-order chi connectivity index (χ0) is 47.8. The average molecular weight is 981 g/mol. The van der Waals surface area contributed by atoms with E-state index in [0.29, 0.717) is 29.4 Å². The number of ether oxygens (including phenoxy) is 2. The van der Waals surface area contributed by atoms with Crippen LogP contribution in [0, 0.1) is 33.6 Å². The largest absolute Gasteiger partial charge is 0.473 e. The van der Waals surface area contributed by atoms with Gasteiger partial charge in [0.2, 0.25) is 17.7 Å². The van der Waals surface area contributed by atoms with Gasteiger partial charge in [0.1, 0.15) is 35.4 Å². The first-order valence-corrected chi connectivity index (χ1v) is 24.9. The number of aryl methyl sites for hydroxylation is 3. The number of rotatable bonds is 16. The SMILES string of the molecule is Cc1ncsc1-c1ccc(CNC(=O)[C@@H]2C[C@@H](O)CN2C(=O)[C@@H](c2cc(OCCOC3CC(NC(=O)C[C@@H]4N=C(c5ccc(Cl)cc5)c5c(sc(C)c5C)-n5c(C)nnc54)C3)no2)C(C)C)cc1. The van der Waals surface area contributed by atoms with Gasteiger partial charge >= 0.3 is 0 Å². The Balaban J connectivity index is 0.744. The lowest BCUT2D eigenvalue weighted by Gasteiger charge is -2.35. The molecular weight excluding hydrogens is 926 g/mol. The number of fused-ring (bicyclic) bond motifs is 3. The Kier molecular flexibility index (Phi) is 13.9. The quantitative estimate of drug-likeness (QED) is 0.0819. The molecule has 2 fully saturated rings. The van der Waals surface area contributed by atoms with Gasteiger partial charge in [0.15, 0.2) is 11.6 Å². The van der Waals surface area contributed by atoms with Crippen molar-refractivity contribution in [3.8, 4) is 21.3 Å². The van der Waals surface area contributed by atoms with Crippen LogP contribution in [-0.4, -0.2) is 102 Å². The highest BCUT2D eigenvalue weighted by molar-refractivity contribution is 7.15. The van der Waals surface area contributed by atoms with Crippen LogP contribution in [0.1, 0.15) is 102 Å². The number of thiazole rings is 1. The first kappa shape index (κ1) is 47.3. The molecule has 3 amide bonds. The second kappa shape index (κ2) is 20.0. The van der Waals surface area contributed by atoms with Gasteiger partial charge in [-0.05, 0) is 80.4 Å². The second-order valence-corrected chi connectivity index (χ2v) is 20.5. The first-order chi connectivity index (χ1) is 32.7. The number of amides is 3. The number of carbonyl (C=O) groups is 3. The van der Waals surface area contributed by atoms with Crippen molar-refractivity contribution in [3.05, 3.63) is 115 Å². The summed E-state index contributed by atoms with van der Waals surface area (Å²) in [5.74, 6) is 0.110. The van der Waals surface area contributed by atoms with E-state index in [2.05, 4.69) is 44.8 Å². The van der Waals surface area contributed by atoms with Crippen molar-refractivity contribution in [1.29, 1.82) is 0 Å². The van der Waals surface area contributed by atoms with Gasteiger partial charge in [-0.3, -0.25) is 23.9 Å². The maximum atomic E-state index is 14.1. The van der Waals surface area contributed by atoms with E-state index in [1.165, 1.54) is 9.78 Å². The molecule has 6 heterocycles. The van der Waals surface area contributed by atoms with E-state index in [9.17, 15) is 19.5 Å². The van der Waals surface area contributed by atoms with Crippen LogP contribution in [0.4, 0.5) is 0 Å². The third-order valence-electron chi connectivity index (χ3n) is 12.9. The number of aliphatic hydroxyl groups is 1. The summed E-state index contributed by atoms with van der Waals surface area (Å²) in [5.41, 5.74) is 8.61. The Morgan fingerprint density at radius 2 is 1.74 bits per heavy atom. The van der Waals surface area contributed by atoms with E-state index in [4.69, 9.17) is 30.6 Å². The Morgan fingerprint density at radius 1 is 0.985 bits per heavy atom. The number of thiophene rings is 1. The number of β-amino-alcohol motifs (C(OH)–C–C–N with tert-alkyl or cyclic N) is 1. The number of nitrogens with zero attached hydrogens (tertiary/aromatic N) is 7. The number of aromatic nitrogens is 5. The van der Waals surface area contributed by atoms with Crippen LogP contribution < -0.4 is 15.4 Å². The Morgan fingerprint density at radius 3 is 2.46 bits per heavy atom. The monoisotopic (exact) mass is 979 g/mol. The maximum Gasteiger partial charge on any atom is 0.254 e. The van der Waals surface area contributed by atoms with Gasteiger partial charge in [-0.2, -0.15) is 0 Å². The molecule has 1 saturated carbocycles. The normalized spacial score (nSPS) is 20.3. The van der Waals surface area contributed by atoms with Crippen LogP contribution in [0.15, 0.2) is 69.6 Å². The van der Waals surface area contributed by atoms with Gasteiger partial charge in [-0.25, -0.2) is 4.98 Å². The molecule has 1 aliphatic carbocycles. The third kappa shape index (κ3) is 9.87. The molecule has 1 saturated heterocycles. The molecule has 9 rings (SSSR count). The van der Waals surface area contributed by atoms with E-state index in [1.807, 2.05) is 86.3 Å². The van der Waals surface area contributed by atoms with E-state index < -0.39 is 24.1 Å².